The predicted octanol–water partition coefficient (Wildman–Crippen LogP) is 0.235. The largest absolute Gasteiger partial charge is 0.467 e. The van der Waals surface area contributed by atoms with Crippen LogP contribution < -0.4 is 0 Å². The topological polar surface area (TPSA) is 68.7 Å². The van der Waals surface area contributed by atoms with Crippen LogP contribution in [0.15, 0.2) is 18.3 Å². The van der Waals surface area contributed by atoms with Crippen molar-refractivity contribution < 1.29 is 23.5 Å². The molecule has 2 heterocycles. The lowest BCUT2D eigenvalue weighted by atomic mass is 10.1. The minimum atomic E-state index is -0.803. The maximum Gasteiger partial charge on any atom is 0.331 e. The summed E-state index contributed by atoms with van der Waals surface area (Å²) >= 11 is 0. The number of aromatic nitrogens is 1. The molecule has 0 saturated carbocycles. The molecule has 1 aromatic rings. The summed E-state index contributed by atoms with van der Waals surface area (Å²) in [4.78, 5) is 28.6. The van der Waals surface area contributed by atoms with E-state index < -0.39 is 23.9 Å². The fraction of sp³-hybridized carbons (Fsp3) is 0.417. The van der Waals surface area contributed by atoms with Crippen LogP contribution in [0, 0.1) is 5.95 Å². The summed E-state index contributed by atoms with van der Waals surface area (Å²) in [5.41, 5.74) is 0.142. The Morgan fingerprint density at radius 3 is 3.05 bits per heavy atom. The van der Waals surface area contributed by atoms with E-state index in [1.807, 2.05) is 0 Å². The van der Waals surface area contributed by atoms with Crippen molar-refractivity contribution in [3.05, 3.63) is 29.8 Å². The first kappa shape index (κ1) is 13.4. The average molecular weight is 268 g/mol. The molecule has 1 unspecified atom stereocenters. The van der Waals surface area contributed by atoms with Crippen LogP contribution in [0.1, 0.15) is 10.4 Å². The van der Waals surface area contributed by atoms with E-state index in [2.05, 4.69) is 9.72 Å². The standard InChI is InChI=1S/C12H13FN2O4/c1-18-12(17)9-7-19-5-4-15(9)11(16)8-2-3-14-10(13)6-8/h2-3,6,9H,4-5,7H2,1H3. The number of hydrogen-bond donors (Lipinski definition) is 0. The van der Waals surface area contributed by atoms with E-state index >= 15 is 0 Å². The van der Waals surface area contributed by atoms with E-state index in [0.717, 1.165) is 6.07 Å². The first-order valence-electron chi connectivity index (χ1n) is 5.71. The SMILES string of the molecule is COC(=O)C1COCCN1C(=O)c1ccnc(F)c1. The van der Waals surface area contributed by atoms with Crippen LogP contribution >= 0.6 is 0 Å². The number of methoxy groups -OCH3 is 1. The molecule has 2 rings (SSSR count). The monoisotopic (exact) mass is 268 g/mol. The lowest BCUT2D eigenvalue weighted by Gasteiger charge is -2.33. The highest BCUT2D eigenvalue weighted by atomic mass is 19.1. The van der Waals surface area contributed by atoms with E-state index in [1.54, 1.807) is 0 Å². The smallest absolute Gasteiger partial charge is 0.331 e. The predicted molar refractivity (Wildman–Crippen MR) is 61.9 cm³/mol. The summed E-state index contributed by atoms with van der Waals surface area (Å²) in [5.74, 6) is -1.74. The Morgan fingerprint density at radius 1 is 1.58 bits per heavy atom. The number of ether oxygens (including phenoxy) is 2. The van der Waals surface area contributed by atoms with Crippen molar-refractivity contribution in [3.63, 3.8) is 0 Å². The minimum absolute atomic E-state index is 0.0754. The third-order valence-corrected chi connectivity index (χ3v) is 2.84. The van der Waals surface area contributed by atoms with E-state index in [-0.39, 0.29) is 18.7 Å². The van der Waals surface area contributed by atoms with Crippen molar-refractivity contribution >= 4 is 11.9 Å². The number of rotatable bonds is 2. The first-order chi connectivity index (χ1) is 9.13. The van der Waals surface area contributed by atoms with Gasteiger partial charge in [-0.1, -0.05) is 0 Å². The Labute approximate surface area is 109 Å². The molecule has 7 heteroatoms. The van der Waals surface area contributed by atoms with Crippen molar-refractivity contribution in [3.8, 4) is 0 Å². The molecule has 1 amide bonds. The summed E-state index contributed by atoms with van der Waals surface area (Å²) < 4.78 is 22.8. The Kier molecular flexibility index (Phi) is 4.06. The Bertz CT molecular complexity index is 494. The third-order valence-electron chi connectivity index (χ3n) is 2.84. The summed E-state index contributed by atoms with van der Waals surface area (Å²) in [6.45, 7) is 0.654. The van der Waals surface area contributed by atoms with E-state index in [0.29, 0.717) is 6.61 Å². The highest BCUT2D eigenvalue weighted by molar-refractivity contribution is 5.96. The van der Waals surface area contributed by atoms with Gasteiger partial charge in [0.15, 0.2) is 6.04 Å². The van der Waals surface area contributed by atoms with Crippen LogP contribution in [0.25, 0.3) is 0 Å². The maximum atomic E-state index is 13.0. The number of nitrogens with zero attached hydrogens (tertiary/aromatic N) is 2. The van der Waals surface area contributed by atoms with Gasteiger partial charge < -0.3 is 14.4 Å². The molecule has 19 heavy (non-hydrogen) atoms. The van der Waals surface area contributed by atoms with Crippen molar-refractivity contribution in [1.82, 2.24) is 9.88 Å². The second-order valence-electron chi connectivity index (χ2n) is 3.98. The van der Waals surface area contributed by atoms with Crippen LogP contribution in [0.3, 0.4) is 0 Å². The summed E-state index contributed by atoms with van der Waals surface area (Å²) in [6.07, 6.45) is 1.20. The number of halogens is 1. The molecule has 1 aromatic heterocycles. The van der Waals surface area contributed by atoms with E-state index in [4.69, 9.17) is 4.74 Å². The van der Waals surface area contributed by atoms with Crippen LogP contribution in [-0.4, -0.2) is 54.7 Å². The average Bonchev–Trinajstić information content (AvgIpc) is 2.45. The fourth-order valence-electron chi connectivity index (χ4n) is 1.88. The van der Waals surface area contributed by atoms with E-state index in [9.17, 15) is 14.0 Å². The lowest BCUT2D eigenvalue weighted by molar-refractivity contribution is -0.151. The molecule has 0 aliphatic carbocycles. The van der Waals surface area contributed by atoms with Gasteiger partial charge in [-0.05, 0) is 6.07 Å². The normalized spacial score (nSPS) is 19.1. The minimum Gasteiger partial charge on any atom is -0.467 e. The Morgan fingerprint density at radius 2 is 2.37 bits per heavy atom. The van der Waals surface area contributed by atoms with Crippen LogP contribution in [0.5, 0.6) is 0 Å². The first-order valence-corrected chi connectivity index (χ1v) is 5.71. The second-order valence-corrected chi connectivity index (χ2v) is 3.98. The van der Waals surface area contributed by atoms with Crippen molar-refractivity contribution in [2.75, 3.05) is 26.9 Å². The number of hydrogen-bond acceptors (Lipinski definition) is 5. The van der Waals surface area contributed by atoms with Crippen molar-refractivity contribution in [1.29, 1.82) is 0 Å². The van der Waals surface area contributed by atoms with Gasteiger partial charge in [-0.25, -0.2) is 9.78 Å². The molecular weight excluding hydrogens is 255 g/mol. The van der Waals surface area contributed by atoms with Gasteiger partial charge in [0.25, 0.3) is 5.91 Å². The number of carbonyl (C=O) groups is 2. The zero-order valence-electron chi connectivity index (χ0n) is 10.3. The molecule has 0 N–H and O–H groups in total. The Hall–Kier alpha value is -2.02. The summed E-state index contributed by atoms with van der Waals surface area (Å²) in [7, 11) is 1.24. The molecule has 6 nitrogen and oxygen atoms in total. The number of carbonyl (C=O) groups excluding carboxylic acids is 2. The quantitative estimate of drug-likeness (QED) is 0.567. The van der Waals surface area contributed by atoms with Crippen LogP contribution in [0.2, 0.25) is 0 Å². The number of esters is 1. The van der Waals surface area contributed by atoms with Crippen LogP contribution in [0.4, 0.5) is 4.39 Å². The van der Waals surface area contributed by atoms with Crippen LogP contribution in [-0.2, 0) is 14.3 Å². The highest BCUT2D eigenvalue weighted by Gasteiger charge is 2.34. The summed E-state index contributed by atoms with van der Waals surface area (Å²) in [6, 6.07) is 1.63. The van der Waals surface area contributed by atoms with E-state index in [1.165, 1.54) is 24.3 Å². The van der Waals surface area contributed by atoms with Gasteiger partial charge in [-0.2, -0.15) is 4.39 Å². The molecule has 0 radical (unpaired) electrons. The third kappa shape index (κ3) is 2.87. The number of pyridine rings is 1. The summed E-state index contributed by atoms with van der Waals surface area (Å²) in [5, 5.41) is 0. The Balaban J connectivity index is 2.22. The zero-order valence-corrected chi connectivity index (χ0v) is 10.3. The molecule has 0 bridgehead atoms. The number of amides is 1. The van der Waals surface area contributed by atoms with Crippen molar-refractivity contribution in [2.24, 2.45) is 0 Å². The zero-order chi connectivity index (χ0) is 13.8. The molecule has 1 saturated heterocycles. The van der Waals surface area contributed by atoms with Crippen molar-refractivity contribution in [2.45, 2.75) is 6.04 Å². The highest BCUT2D eigenvalue weighted by Crippen LogP contribution is 2.14. The van der Waals surface area contributed by atoms with Gasteiger partial charge in [-0.15, -0.1) is 0 Å². The second kappa shape index (κ2) is 5.75. The molecule has 1 aliphatic heterocycles. The molecule has 1 atom stereocenters. The van der Waals surface area contributed by atoms with Gasteiger partial charge in [0, 0.05) is 24.4 Å². The van der Waals surface area contributed by atoms with Gasteiger partial charge >= 0.3 is 5.97 Å². The van der Waals surface area contributed by atoms with Gasteiger partial charge in [0.1, 0.15) is 0 Å². The van der Waals surface area contributed by atoms with Gasteiger partial charge in [0.2, 0.25) is 5.95 Å². The number of morpholine rings is 1. The lowest BCUT2D eigenvalue weighted by Crippen LogP contribution is -2.53. The molecule has 1 aliphatic rings. The molecule has 0 aromatic carbocycles. The molecule has 1 fully saturated rings. The molecule has 0 spiro atoms. The molecular formula is C12H13FN2O4. The van der Waals surface area contributed by atoms with Gasteiger partial charge in [-0.3, -0.25) is 4.79 Å². The molecule has 102 valence electrons. The van der Waals surface area contributed by atoms with Gasteiger partial charge in [0.05, 0.1) is 20.3 Å². The maximum absolute atomic E-state index is 13.0. The fourth-order valence-corrected chi connectivity index (χ4v) is 1.88.